The highest BCUT2D eigenvalue weighted by Crippen LogP contribution is 2.21. The van der Waals surface area contributed by atoms with Crippen molar-refractivity contribution in [3.8, 4) is 0 Å². The zero-order valence-electron chi connectivity index (χ0n) is 14.1. The SMILES string of the molecule is CC[C@@H](c1ccncc1)N(C)C(=O)NCCCn1cc(C)cn1. The van der Waals surface area contributed by atoms with E-state index in [-0.39, 0.29) is 12.1 Å². The minimum atomic E-state index is -0.0506. The van der Waals surface area contributed by atoms with Gasteiger partial charge in [0, 0.05) is 38.7 Å². The smallest absolute Gasteiger partial charge is 0.317 e. The van der Waals surface area contributed by atoms with Crippen molar-refractivity contribution in [3.05, 3.63) is 48.0 Å². The van der Waals surface area contributed by atoms with Crippen molar-refractivity contribution in [1.82, 2.24) is 25.0 Å². The van der Waals surface area contributed by atoms with Gasteiger partial charge in [0.2, 0.25) is 0 Å². The first-order chi connectivity index (χ1) is 11.1. The van der Waals surface area contributed by atoms with Crippen LogP contribution in [-0.2, 0) is 6.54 Å². The highest BCUT2D eigenvalue weighted by atomic mass is 16.2. The van der Waals surface area contributed by atoms with Gasteiger partial charge in [-0.3, -0.25) is 9.67 Å². The van der Waals surface area contributed by atoms with Crippen molar-refractivity contribution in [2.45, 2.75) is 39.3 Å². The Morgan fingerprint density at radius 3 is 2.74 bits per heavy atom. The summed E-state index contributed by atoms with van der Waals surface area (Å²) in [4.78, 5) is 18.1. The van der Waals surface area contributed by atoms with E-state index >= 15 is 0 Å². The zero-order chi connectivity index (χ0) is 16.7. The molecule has 2 heterocycles. The normalized spacial score (nSPS) is 12.0. The largest absolute Gasteiger partial charge is 0.338 e. The highest BCUT2D eigenvalue weighted by Gasteiger charge is 2.19. The fraction of sp³-hybridized carbons (Fsp3) is 0.471. The molecule has 2 aromatic heterocycles. The summed E-state index contributed by atoms with van der Waals surface area (Å²) in [5, 5.41) is 7.21. The maximum atomic E-state index is 12.3. The molecule has 0 aliphatic heterocycles. The number of amides is 2. The van der Waals surface area contributed by atoms with Gasteiger partial charge in [-0.05, 0) is 43.0 Å². The van der Waals surface area contributed by atoms with Crippen LogP contribution in [0.15, 0.2) is 36.9 Å². The summed E-state index contributed by atoms with van der Waals surface area (Å²) in [6, 6.07) is 3.92. The number of urea groups is 1. The Morgan fingerprint density at radius 1 is 1.39 bits per heavy atom. The highest BCUT2D eigenvalue weighted by molar-refractivity contribution is 5.74. The molecule has 0 spiro atoms. The monoisotopic (exact) mass is 315 g/mol. The Balaban J connectivity index is 1.79. The van der Waals surface area contributed by atoms with Crippen molar-refractivity contribution in [3.63, 3.8) is 0 Å². The molecule has 0 saturated heterocycles. The van der Waals surface area contributed by atoms with Crippen LogP contribution < -0.4 is 5.32 Å². The molecule has 0 fully saturated rings. The molecule has 0 bridgehead atoms. The predicted octanol–water partition coefficient (Wildman–Crippen LogP) is 2.77. The number of aromatic nitrogens is 3. The molecule has 0 saturated carbocycles. The summed E-state index contributed by atoms with van der Waals surface area (Å²) < 4.78 is 1.90. The Bertz CT molecular complexity index is 610. The number of nitrogens with one attached hydrogen (secondary N) is 1. The van der Waals surface area contributed by atoms with E-state index in [4.69, 9.17) is 0 Å². The minimum Gasteiger partial charge on any atom is -0.338 e. The Morgan fingerprint density at radius 2 is 2.13 bits per heavy atom. The second-order valence-corrected chi connectivity index (χ2v) is 5.68. The number of hydrogen-bond donors (Lipinski definition) is 1. The van der Waals surface area contributed by atoms with Gasteiger partial charge >= 0.3 is 6.03 Å². The van der Waals surface area contributed by atoms with E-state index < -0.39 is 0 Å². The van der Waals surface area contributed by atoms with Crippen LogP contribution in [0.2, 0.25) is 0 Å². The number of aryl methyl sites for hydroxylation is 2. The summed E-state index contributed by atoms with van der Waals surface area (Å²) in [6.07, 6.45) is 9.08. The molecular weight excluding hydrogens is 290 g/mol. The van der Waals surface area contributed by atoms with Crippen LogP contribution in [0, 0.1) is 6.92 Å². The molecule has 2 amide bonds. The van der Waals surface area contributed by atoms with Gasteiger partial charge in [-0.1, -0.05) is 6.92 Å². The third-order valence-electron chi connectivity index (χ3n) is 3.87. The van der Waals surface area contributed by atoms with E-state index in [9.17, 15) is 4.79 Å². The van der Waals surface area contributed by atoms with Crippen LogP contribution in [0.4, 0.5) is 4.79 Å². The number of rotatable bonds is 7. The first-order valence-electron chi connectivity index (χ1n) is 8.01. The van der Waals surface area contributed by atoms with E-state index in [1.165, 1.54) is 0 Å². The average Bonchev–Trinajstić information content (AvgIpc) is 2.98. The maximum Gasteiger partial charge on any atom is 0.317 e. The molecule has 0 aromatic carbocycles. The number of carbonyl (C=O) groups excluding carboxylic acids is 1. The molecule has 0 aliphatic rings. The van der Waals surface area contributed by atoms with Crippen LogP contribution in [0.3, 0.4) is 0 Å². The standard InChI is InChI=1S/C17H25N5O/c1-4-16(15-6-9-18-10-7-15)21(3)17(23)19-8-5-11-22-13-14(2)12-20-22/h6-7,9-10,12-13,16H,4-5,8,11H2,1-3H3,(H,19,23)/t16-/m0/s1. The summed E-state index contributed by atoms with van der Waals surface area (Å²) in [5.41, 5.74) is 2.25. The minimum absolute atomic E-state index is 0.0506. The van der Waals surface area contributed by atoms with E-state index in [1.807, 2.05) is 43.2 Å². The number of hydrogen-bond acceptors (Lipinski definition) is 3. The van der Waals surface area contributed by atoms with Crippen LogP contribution in [0.25, 0.3) is 0 Å². The zero-order valence-corrected chi connectivity index (χ0v) is 14.1. The molecule has 23 heavy (non-hydrogen) atoms. The van der Waals surface area contributed by atoms with Gasteiger partial charge in [0.05, 0.1) is 12.2 Å². The van der Waals surface area contributed by atoms with Gasteiger partial charge in [-0.2, -0.15) is 5.10 Å². The first-order valence-corrected chi connectivity index (χ1v) is 8.01. The molecule has 6 heteroatoms. The van der Waals surface area contributed by atoms with Crippen LogP contribution in [0.1, 0.15) is 36.9 Å². The molecular formula is C17H25N5O. The third-order valence-corrected chi connectivity index (χ3v) is 3.87. The van der Waals surface area contributed by atoms with Gasteiger partial charge in [0.15, 0.2) is 0 Å². The van der Waals surface area contributed by atoms with Crippen LogP contribution >= 0.6 is 0 Å². The average molecular weight is 315 g/mol. The third kappa shape index (κ3) is 4.81. The molecule has 2 aromatic rings. The first kappa shape index (κ1) is 17.0. The lowest BCUT2D eigenvalue weighted by Crippen LogP contribution is -2.40. The Kier molecular flexibility index (Phi) is 6.14. The molecule has 2 rings (SSSR count). The summed E-state index contributed by atoms with van der Waals surface area (Å²) >= 11 is 0. The lowest BCUT2D eigenvalue weighted by molar-refractivity contribution is 0.188. The molecule has 0 aliphatic carbocycles. The van der Waals surface area contributed by atoms with Gasteiger partial charge < -0.3 is 10.2 Å². The maximum absolute atomic E-state index is 12.3. The molecule has 1 N–H and O–H groups in total. The molecule has 124 valence electrons. The fourth-order valence-electron chi connectivity index (χ4n) is 2.61. The second kappa shape index (κ2) is 8.31. The van der Waals surface area contributed by atoms with Gasteiger partial charge in [0.1, 0.15) is 0 Å². The topological polar surface area (TPSA) is 63.1 Å². The van der Waals surface area contributed by atoms with Crippen molar-refractivity contribution in [2.24, 2.45) is 0 Å². The van der Waals surface area contributed by atoms with Crippen molar-refractivity contribution in [2.75, 3.05) is 13.6 Å². The van der Waals surface area contributed by atoms with Crippen molar-refractivity contribution in [1.29, 1.82) is 0 Å². The molecule has 6 nitrogen and oxygen atoms in total. The Labute approximate surface area is 137 Å². The van der Waals surface area contributed by atoms with Crippen LogP contribution in [0.5, 0.6) is 0 Å². The Hall–Kier alpha value is -2.37. The van der Waals surface area contributed by atoms with E-state index in [0.717, 1.165) is 30.5 Å². The summed E-state index contributed by atoms with van der Waals surface area (Å²) in [6.45, 7) is 5.54. The van der Waals surface area contributed by atoms with Gasteiger partial charge in [-0.25, -0.2) is 4.79 Å². The van der Waals surface area contributed by atoms with E-state index in [0.29, 0.717) is 6.54 Å². The van der Waals surface area contributed by atoms with Crippen LogP contribution in [-0.4, -0.2) is 39.3 Å². The fourth-order valence-corrected chi connectivity index (χ4v) is 2.61. The lowest BCUT2D eigenvalue weighted by atomic mass is 10.1. The van der Waals surface area contributed by atoms with Crippen molar-refractivity contribution >= 4 is 6.03 Å². The van der Waals surface area contributed by atoms with Crippen molar-refractivity contribution < 1.29 is 4.79 Å². The number of nitrogens with zero attached hydrogens (tertiary/aromatic N) is 4. The quantitative estimate of drug-likeness (QED) is 0.799. The van der Waals surface area contributed by atoms with Gasteiger partial charge in [0.25, 0.3) is 0 Å². The second-order valence-electron chi connectivity index (χ2n) is 5.68. The number of carbonyl (C=O) groups is 1. The summed E-state index contributed by atoms with van der Waals surface area (Å²) in [7, 11) is 1.83. The van der Waals surface area contributed by atoms with E-state index in [2.05, 4.69) is 22.3 Å². The van der Waals surface area contributed by atoms with Gasteiger partial charge in [-0.15, -0.1) is 0 Å². The molecule has 1 atom stereocenters. The lowest BCUT2D eigenvalue weighted by Gasteiger charge is -2.27. The predicted molar refractivity (Wildman–Crippen MR) is 90.0 cm³/mol. The molecule has 0 radical (unpaired) electrons. The van der Waals surface area contributed by atoms with E-state index in [1.54, 1.807) is 17.3 Å². The number of pyridine rings is 1. The molecule has 0 unspecified atom stereocenters. The summed E-state index contributed by atoms with van der Waals surface area (Å²) in [5.74, 6) is 0.